The summed E-state index contributed by atoms with van der Waals surface area (Å²) in [4.78, 5) is 6.47. The quantitative estimate of drug-likeness (QED) is 0.307. The van der Waals surface area contributed by atoms with E-state index in [1.165, 1.54) is 5.56 Å². The van der Waals surface area contributed by atoms with E-state index in [1.54, 1.807) is 0 Å². The highest BCUT2D eigenvalue weighted by atomic mass is 127. The number of halogens is 1. The van der Waals surface area contributed by atoms with Crippen molar-refractivity contribution in [3.63, 3.8) is 0 Å². The molecule has 0 aromatic heterocycles. The molecular formula is C15H27IN4S. The Kier molecular flexibility index (Phi) is 11.8. The molecule has 2 N–H and O–H groups in total. The molecule has 1 unspecified atom stereocenters. The normalized spacial score (nSPS) is 12.7. The maximum absolute atomic E-state index is 4.25. The van der Waals surface area contributed by atoms with E-state index in [0.717, 1.165) is 24.8 Å². The van der Waals surface area contributed by atoms with E-state index in [4.69, 9.17) is 0 Å². The predicted molar refractivity (Wildman–Crippen MR) is 106 cm³/mol. The largest absolute Gasteiger partial charge is 0.356 e. The second kappa shape index (κ2) is 12.1. The van der Waals surface area contributed by atoms with Crippen LogP contribution in [0.15, 0.2) is 35.3 Å². The van der Waals surface area contributed by atoms with E-state index in [9.17, 15) is 0 Å². The van der Waals surface area contributed by atoms with E-state index < -0.39 is 0 Å². The molecule has 0 bridgehead atoms. The van der Waals surface area contributed by atoms with Crippen LogP contribution in [0.25, 0.3) is 0 Å². The first kappa shape index (κ1) is 20.5. The lowest BCUT2D eigenvalue weighted by atomic mass is 10.1. The number of hydrogen-bond donors (Lipinski definition) is 2. The molecule has 1 rings (SSSR count). The van der Waals surface area contributed by atoms with Gasteiger partial charge in [-0.05, 0) is 25.9 Å². The van der Waals surface area contributed by atoms with Crippen molar-refractivity contribution in [3.8, 4) is 0 Å². The predicted octanol–water partition coefficient (Wildman–Crippen LogP) is 2.44. The minimum atomic E-state index is 0. The second-order valence-electron chi connectivity index (χ2n) is 4.76. The van der Waals surface area contributed by atoms with E-state index in [2.05, 4.69) is 65.1 Å². The third-order valence-electron chi connectivity index (χ3n) is 3.09. The Bertz CT molecular complexity index is 398. The van der Waals surface area contributed by atoms with Gasteiger partial charge in [-0.2, -0.15) is 11.8 Å². The molecule has 0 aliphatic rings. The molecule has 120 valence electrons. The van der Waals surface area contributed by atoms with Crippen LogP contribution in [-0.2, 0) is 0 Å². The minimum absolute atomic E-state index is 0. The number of nitrogens with zero attached hydrogens (tertiary/aromatic N) is 2. The second-order valence-corrected chi connectivity index (χ2v) is 5.75. The highest BCUT2D eigenvalue weighted by Gasteiger charge is 2.13. The summed E-state index contributed by atoms with van der Waals surface area (Å²) in [6, 6.07) is 10.9. The lowest BCUT2D eigenvalue weighted by molar-refractivity contribution is 0.298. The molecule has 0 aliphatic heterocycles. The van der Waals surface area contributed by atoms with Gasteiger partial charge < -0.3 is 15.5 Å². The number of rotatable bonds is 7. The molecule has 4 nitrogen and oxygen atoms in total. The van der Waals surface area contributed by atoms with Crippen LogP contribution < -0.4 is 10.6 Å². The fourth-order valence-corrected chi connectivity index (χ4v) is 2.27. The Balaban J connectivity index is 0.00000400. The zero-order valence-corrected chi connectivity index (χ0v) is 16.4. The zero-order chi connectivity index (χ0) is 14.8. The van der Waals surface area contributed by atoms with E-state index in [-0.39, 0.29) is 24.0 Å². The van der Waals surface area contributed by atoms with Gasteiger partial charge in [0.2, 0.25) is 0 Å². The van der Waals surface area contributed by atoms with Gasteiger partial charge in [-0.3, -0.25) is 4.99 Å². The Morgan fingerprint density at radius 3 is 2.43 bits per heavy atom. The molecule has 0 heterocycles. The number of thioether (sulfide) groups is 1. The van der Waals surface area contributed by atoms with Crippen LogP contribution in [-0.4, -0.2) is 57.1 Å². The lowest BCUT2D eigenvalue weighted by Gasteiger charge is -2.26. The molecule has 0 saturated carbocycles. The van der Waals surface area contributed by atoms with E-state index in [0.29, 0.717) is 6.04 Å². The van der Waals surface area contributed by atoms with Gasteiger partial charge in [-0.15, -0.1) is 24.0 Å². The fourth-order valence-electron chi connectivity index (χ4n) is 1.96. The summed E-state index contributed by atoms with van der Waals surface area (Å²) in [5, 5.41) is 6.71. The summed E-state index contributed by atoms with van der Waals surface area (Å²) in [6.07, 6.45) is 2.11. The van der Waals surface area contributed by atoms with Gasteiger partial charge in [0.1, 0.15) is 0 Å². The average molecular weight is 422 g/mol. The Morgan fingerprint density at radius 1 is 1.24 bits per heavy atom. The van der Waals surface area contributed by atoms with Crippen molar-refractivity contribution in [2.45, 2.75) is 6.04 Å². The molecule has 6 heteroatoms. The van der Waals surface area contributed by atoms with Crippen LogP contribution >= 0.6 is 35.7 Å². The summed E-state index contributed by atoms with van der Waals surface area (Å²) in [5.41, 5.74) is 1.31. The minimum Gasteiger partial charge on any atom is -0.356 e. The lowest BCUT2D eigenvalue weighted by Crippen LogP contribution is -2.42. The summed E-state index contributed by atoms with van der Waals surface area (Å²) >= 11 is 1.83. The topological polar surface area (TPSA) is 39.7 Å². The molecule has 1 atom stereocenters. The molecular weight excluding hydrogens is 395 g/mol. The first-order chi connectivity index (χ1) is 9.69. The first-order valence-corrected chi connectivity index (χ1v) is 8.23. The van der Waals surface area contributed by atoms with Crippen molar-refractivity contribution in [3.05, 3.63) is 35.9 Å². The third-order valence-corrected chi connectivity index (χ3v) is 3.71. The monoisotopic (exact) mass is 422 g/mol. The number of hydrogen-bond acceptors (Lipinski definition) is 3. The zero-order valence-electron chi connectivity index (χ0n) is 13.3. The van der Waals surface area contributed by atoms with Crippen molar-refractivity contribution in [2.75, 3.05) is 46.2 Å². The molecule has 21 heavy (non-hydrogen) atoms. The van der Waals surface area contributed by atoms with Gasteiger partial charge in [0.05, 0.1) is 6.04 Å². The van der Waals surface area contributed by atoms with Crippen molar-refractivity contribution in [1.82, 2.24) is 15.5 Å². The number of likely N-dealkylation sites (N-methyl/N-ethyl adjacent to an activating group) is 1. The molecule has 0 saturated heterocycles. The summed E-state index contributed by atoms with van der Waals surface area (Å²) in [6.45, 7) is 1.76. The van der Waals surface area contributed by atoms with Crippen molar-refractivity contribution < 1.29 is 0 Å². The molecule has 0 radical (unpaired) electrons. The van der Waals surface area contributed by atoms with Crippen molar-refractivity contribution in [1.29, 1.82) is 0 Å². The summed E-state index contributed by atoms with van der Waals surface area (Å²) in [5.74, 6) is 1.94. The van der Waals surface area contributed by atoms with Crippen LogP contribution in [0.2, 0.25) is 0 Å². The maximum Gasteiger partial charge on any atom is 0.191 e. The van der Waals surface area contributed by atoms with Crippen LogP contribution in [0.3, 0.4) is 0 Å². The van der Waals surface area contributed by atoms with Crippen molar-refractivity contribution in [2.24, 2.45) is 4.99 Å². The number of aliphatic imine (C=N–C) groups is 1. The average Bonchev–Trinajstić information content (AvgIpc) is 2.46. The van der Waals surface area contributed by atoms with Crippen LogP contribution in [0, 0.1) is 0 Å². The summed E-state index contributed by atoms with van der Waals surface area (Å²) < 4.78 is 0. The Morgan fingerprint density at radius 2 is 1.90 bits per heavy atom. The van der Waals surface area contributed by atoms with Gasteiger partial charge in [-0.1, -0.05) is 30.3 Å². The number of benzene rings is 1. The van der Waals surface area contributed by atoms with Gasteiger partial charge in [0.15, 0.2) is 5.96 Å². The highest BCUT2D eigenvalue weighted by Crippen LogP contribution is 2.16. The number of nitrogens with one attached hydrogen (secondary N) is 2. The maximum atomic E-state index is 4.25. The smallest absolute Gasteiger partial charge is 0.191 e. The van der Waals surface area contributed by atoms with Gasteiger partial charge in [0, 0.05) is 25.9 Å². The van der Waals surface area contributed by atoms with Gasteiger partial charge in [0.25, 0.3) is 0 Å². The molecule has 1 aromatic rings. The van der Waals surface area contributed by atoms with Crippen LogP contribution in [0.5, 0.6) is 0 Å². The van der Waals surface area contributed by atoms with E-state index >= 15 is 0 Å². The Hall–Kier alpha value is -0.470. The standard InChI is InChI=1S/C15H26N4S.HI/c1-16-15(17-10-11-20-4)18-12-14(19(2)3)13-8-6-5-7-9-13;/h5-9,14H,10-12H2,1-4H3,(H2,16,17,18);1H. The Labute approximate surface area is 150 Å². The molecule has 1 aromatic carbocycles. The molecule has 0 amide bonds. The molecule has 0 spiro atoms. The molecule has 0 fully saturated rings. The number of guanidine groups is 1. The fraction of sp³-hybridized carbons (Fsp3) is 0.533. The van der Waals surface area contributed by atoms with Crippen LogP contribution in [0.4, 0.5) is 0 Å². The molecule has 0 aliphatic carbocycles. The third kappa shape index (κ3) is 7.92. The first-order valence-electron chi connectivity index (χ1n) is 6.84. The van der Waals surface area contributed by atoms with Crippen LogP contribution in [0.1, 0.15) is 11.6 Å². The van der Waals surface area contributed by atoms with E-state index in [1.807, 2.05) is 24.9 Å². The SMILES string of the molecule is CN=C(NCCSC)NCC(c1ccccc1)N(C)C.I. The van der Waals surface area contributed by atoms with Crippen molar-refractivity contribution >= 4 is 41.7 Å². The van der Waals surface area contributed by atoms with Gasteiger partial charge >= 0.3 is 0 Å². The van der Waals surface area contributed by atoms with Gasteiger partial charge in [-0.25, -0.2) is 0 Å². The summed E-state index contributed by atoms with van der Waals surface area (Å²) in [7, 11) is 6.01. The highest BCUT2D eigenvalue weighted by molar-refractivity contribution is 14.0.